The summed E-state index contributed by atoms with van der Waals surface area (Å²) in [6.07, 6.45) is 2.03. The highest BCUT2D eigenvalue weighted by atomic mass is 32.2. The van der Waals surface area contributed by atoms with Gasteiger partial charge in [0.05, 0.1) is 10.6 Å². The van der Waals surface area contributed by atoms with Gasteiger partial charge in [0.15, 0.2) is 0 Å². The van der Waals surface area contributed by atoms with Crippen LogP contribution in [0, 0.1) is 6.92 Å². The molecule has 0 amide bonds. The number of nitrogens with one attached hydrogen (secondary N) is 1. The average Bonchev–Trinajstić information content (AvgIpc) is 3.11. The van der Waals surface area contributed by atoms with E-state index in [0.717, 1.165) is 11.1 Å². The van der Waals surface area contributed by atoms with Gasteiger partial charge in [0.25, 0.3) is 0 Å². The summed E-state index contributed by atoms with van der Waals surface area (Å²) in [5.74, 6) is 0.904. The van der Waals surface area contributed by atoms with Crippen molar-refractivity contribution in [3.63, 3.8) is 0 Å². The minimum atomic E-state index is -3.53. The highest BCUT2D eigenvalue weighted by molar-refractivity contribution is 7.89. The normalized spacial score (nSPS) is 11.9. The van der Waals surface area contributed by atoms with Gasteiger partial charge >= 0.3 is 0 Å². The molecule has 0 saturated heterocycles. The molecule has 3 rings (SSSR count). The lowest BCUT2D eigenvalue weighted by molar-refractivity contribution is 0.570. The topological polar surface area (TPSA) is 72.2 Å². The number of nitrogens with zero attached hydrogens (tertiary/aromatic N) is 1. The Morgan fingerprint density at radius 3 is 2.33 bits per heavy atom. The van der Waals surface area contributed by atoms with Crippen molar-refractivity contribution in [2.24, 2.45) is 0 Å². The molecule has 0 aliphatic rings. The van der Waals surface area contributed by atoms with Gasteiger partial charge in [-0.15, -0.1) is 0 Å². The lowest BCUT2D eigenvalue weighted by atomic mass is 10.0. The number of benzene rings is 2. The third-order valence-corrected chi connectivity index (χ3v) is 5.86. The summed E-state index contributed by atoms with van der Waals surface area (Å²) in [6, 6.07) is 14.9. The van der Waals surface area contributed by atoms with Crippen LogP contribution < -0.4 is 4.72 Å². The van der Waals surface area contributed by atoms with Crippen LogP contribution in [-0.4, -0.2) is 19.9 Å². The molecular weight excluding hydrogens is 360 g/mol. The van der Waals surface area contributed by atoms with Crippen LogP contribution in [-0.2, 0) is 16.4 Å². The molecule has 0 bridgehead atoms. The maximum absolute atomic E-state index is 12.4. The lowest BCUT2D eigenvalue weighted by Gasteiger charge is -2.08. The van der Waals surface area contributed by atoms with Crippen molar-refractivity contribution < 1.29 is 12.8 Å². The molecule has 0 aliphatic heterocycles. The molecule has 1 aromatic heterocycles. The monoisotopic (exact) mass is 384 g/mol. The fourth-order valence-corrected chi connectivity index (χ4v) is 3.71. The van der Waals surface area contributed by atoms with E-state index in [-0.39, 0.29) is 11.4 Å². The van der Waals surface area contributed by atoms with E-state index in [2.05, 4.69) is 23.6 Å². The molecule has 5 nitrogen and oxygen atoms in total. The molecule has 2 aromatic carbocycles. The minimum Gasteiger partial charge on any atom is -0.444 e. The van der Waals surface area contributed by atoms with E-state index in [9.17, 15) is 8.42 Å². The fraction of sp³-hybridized carbons (Fsp3) is 0.286. The summed E-state index contributed by atoms with van der Waals surface area (Å²) < 4.78 is 32.9. The molecule has 27 heavy (non-hydrogen) atoms. The SMILES string of the molecule is Cc1ccc(-c2nc(CCNS(=O)(=O)c3ccc(C(C)C)cc3)co2)cc1. The van der Waals surface area contributed by atoms with Crippen LogP contribution in [0.2, 0.25) is 0 Å². The fourth-order valence-electron chi connectivity index (χ4n) is 2.68. The minimum absolute atomic E-state index is 0.258. The number of oxazole rings is 1. The maximum Gasteiger partial charge on any atom is 0.240 e. The van der Waals surface area contributed by atoms with Crippen LogP contribution in [0.5, 0.6) is 0 Å². The zero-order valence-electron chi connectivity index (χ0n) is 15.8. The molecule has 0 aliphatic carbocycles. The van der Waals surface area contributed by atoms with E-state index in [0.29, 0.717) is 23.9 Å². The Morgan fingerprint density at radius 2 is 1.70 bits per heavy atom. The van der Waals surface area contributed by atoms with Crippen molar-refractivity contribution in [1.82, 2.24) is 9.71 Å². The number of aromatic nitrogens is 1. The van der Waals surface area contributed by atoms with E-state index in [1.807, 2.05) is 43.3 Å². The Balaban J connectivity index is 1.60. The third-order valence-electron chi connectivity index (χ3n) is 4.38. The molecule has 0 fully saturated rings. The van der Waals surface area contributed by atoms with Crippen molar-refractivity contribution >= 4 is 10.0 Å². The van der Waals surface area contributed by atoms with Crippen LogP contribution in [0.25, 0.3) is 11.5 Å². The first-order valence-electron chi connectivity index (χ1n) is 8.96. The van der Waals surface area contributed by atoms with E-state index in [4.69, 9.17) is 4.42 Å². The highest BCUT2D eigenvalue weighted by Gasteiger charge is 2.14. The number of rotatable bonds is 7. The summed E-state index contributed by atoms with van der Waals surface area (Å²) in [6.45, 7) is 6.43. The Hall–Kier alpha value is -2.44. The van der Waals surface area contributed by atoms with Crippen LogP contribution in [0.15, 0.2) is 64.1 Å². The molecule has 0 saturated carbocycles. The summed E-state index contributed by atoms with van der Waals surface area (Å²) in [5, 5.41) is 0. The second-order valence-electron chi connectivity index (χ2n) is 6.88. The first kappa shape index (κ1) is 19.3. The Kier molecular flexibility index (Phi) is 5.77. The largest absolute Gasteiger partial charge is 0.444 e. The smallest absolute Gasteiger partial charge is 0.240 e. The molecule has 142 valence electrons. The molecule has 3 aromatic rings. The van der Waals surface area contributed by atoms with Gasteiger partial charge in [-0.05, 0) is 42.7 Å². The van der Waals surface area contributed by atoms with Crippen LogP contribution in [0.4, 0.5) is 0 Å². The predicted molar refractivity (Wildman–Crippen MR) is 106 cm³/mol. The van der Waals surface area contributed by atoms with Gasteiger partial charge < -0.3 is 4.42 Å². The van der Waals surface area contributed by atoms with Gasteiger partial charge in [-0.2, -0.15) is 0 Å². The molecule has 0 radical (unpaired) electrons. The summed E-state index contributed by atoms with van der Waals surface area (Å²) >= 11 is 0. The zero-order chi connectivity index (χ0) is 19.4. The summed E-state index contributed by atoms with van der Waals surface area (Å²) in [4.78, 5) is 4.70. The first-order chi connectivity index (χ1) is 12.8. The van der Waals surface area contributed by atoms with Gasteiger partial charge in [0, 0.05) is 18.5 Å². The van der Waals surface area contributed by atoms with Crippen LogP contribution in [0.3, 0.4) is 0 Å². The van der Waals surface area contributed by atoms with Crippen molar-refractivity contribution in [1.29, 1.82) is 0 Å². The molecule has 0 atom stereocenters. The van der Waals surface area contributed by atoms with Gasteiger partial charge in [-0.3, -0.25) is 0 Å². The maximum atomic E-state index is 12.4. The van der Waals surface area contributed by atoms with Crippen molar-refractivity contribution in [2.45, 2.75) is 38.0 Å². The average molecular weight is 385 g/mol. The highest BCUT2D eigenvalue weighted by Crippen LogP contribution is 2.20. The number of hydrogen-bond acceptors (Lipinski definition) is 4. The zero-order valence-corrected chi connectivity index (χ0v) is 16.6. The Morgan fingerprint density at radius 1 is 1.04 bits per heavy atom. The summed E-state index contributed by atoms with van der Waals surface area (Å²) in [7, 11) is -3.53. The number of sulfonamides is 1. The number of aryl methyl sites for hydroxylation is 1. The van der Waals surface area contributed by atoms with Crippen LogP contribution in [0.1, 0.15) is 36.6 Å². The Labute approximate surface area is 160 Å². The summed E-state index contributed by atoms with van der Waals surface area (Å²) in [5.41, 5.74) is 3.89. The molecule has 0 spiro atoms. The van der Waals surface area contributed by atoms with E-state index in [1.165, 1.54) is 5.56 Å². The molecule has 1 heterocycles. The van der Waals surface area contributed by atoms with E-state index in [1.54, 1.807) is 18.4 Å². The van der Waals surface area contributed by atoms with Crippen LogP contribution >= 0.6 is 0 Å². The molecule has 1 N–H and O–H groups in total. The molecular formula is C21H24N2O3S. The second-order valence-corrected chi connectivity index (χ2v) is 8.65. The Bertz CT molecular complexity index is 989. The van der Waals surface area contributed by atoms with Gasteiger partial charge in [-0.25, -0.2) is 18.1 Å². The lowest BCUT2D eigenvalue weighted by Crippen LogP contribution is -2.26. The van der Waals surface area contributed by atoms with E-state index < -0.39 is 10.0 Å². The van der Waals surface area contributed by atoms with Gasteiger partial charge in [0.2, 0.25) is 15.9 Å². The standard InChI is InChI=1S/C21H24N2O3S/c1-15(2)17-8-10-20(11-9-17)27(24,25)22-13-12-19-14-26-21(23-19)18-6-4-16(3)5-7-18/h4-11,14-15,22H,12-13H2,1-3H3. The van der Waals surface area contributed by atoms with E-state index >= 15 is 0 Å². The van der Waals surface area contributed by atoms with Gasteiger partial charge in [0.1, 0.15) is 6.26 Å². The molecule has 0 unspecified atom stereocenters. The van der Waals surface area contributed by atoms with Crippen molar-refractivity contribution in [3.05, 3.63) is 71.6 Å². The number of hydrogen-bond donors (Lipinski definition) is 1. The second kappa shape index (κ2) is 8.06. The van der Waals surface area contributed by atoms with Crippen molar-refractivity contribution in [3.8, 4) is 11.5 Å². The molecule has 6 heteroatoms. The first-order valence-corrected chi connectivity index (χ1v) is 10.4. The van der Waals surface area contributed by atoms with Gasteiger partial charge in [-0.1, -0.05) is 43.7 Å². The quantitative estimate of drug-likeness (QED) is 0.659. The predicted octanol–water partition coefficient (Wildman–Crippen LogP) is 4.29. The van der Waals surface area contributed by atoms with Crippen molar-refractivity contribution in [2.75, 3.05) is 6.54 Å². The third kappa shape index (κ3) is 4.84.